The number of rotatable bonds is 8. The normalized spacial score (nSPS) is 18.8. The highest BCUT2D eigenvalue weighted by Crippen LogP contribution is 2.36. The molecule has 1 N–H and O–H groups in total. The van der Waals surface area contributed by atoms with E-state index in [4.69, 9.17) is 9.47 Å². The average Bonchev–Trinajstić information content (AvgIpc) is 2.85. The third-order valence-electron chi connectivity index (χ3n) is 6.98. The molecule has 2 aliphatic heterocycles. The van der Waals surface area contributed by atoms with Gasteiger partial charge in [-0.3, -0.25) is 4.79 Å². The van der Waals surface area contributed by atoms with Crippen LogP contribution in [0.25, 0.3) is 11.1 Å². The second-order valence-electron chi connectivity index (χ2n) is 9.13. The minimum Gasteiger partial charge on any atom is -0.496 e. The average molecular weight is 437 g/mol. The topological polar surface area (TPSA) is 50.8 Å². The van der Waals surface area contributed by atoms with Crippen molar-refractivity contribution >= 4 is 5.91 Å². The summed E-state index contributed by atoms with van der Waals surface area (Å²) in [7, 11) is 1.70. The van der Waals surface area contributed by atoms with Crippen LogP contribution in [0.5, 0.6) is 5.75 Å². The van der Waals surface area contributed by atoms with Gasteiger partial charge < -0.3 is 19.7 Å². The molecule has 1 amide bonds. The lowest BCUT2D eigenvalue weighted by atomic mass is 9.74. The minimum absolute atomic E-state index is 0.181. The van der Waals surface area contributed by atoms with E-state index in [1.54, 1.807) is 7.11 Å². The summed E-state index contributed by atoms with van der Waals surface area (Å²) in [5.41, 5.74) is 2.97. The summed E-state index contributed by atoms with van der Waals surface area (Å²) < 4.78 is 11.2. The van der Waals surface area contributed by atoms with E-state index in [0.29, 0.717) is 13.2 Å². The van der Waals surface area contributed by atoms with Gasteiger partial charge in [-0.05, 0) is 62.4 Å². The quantitative estimate of drug-likeness (QED) is 0.670. The van der Waals surface area contributed by atoms with E-state index in [0.717, 1.165) is 62.3 Å². The molecule has 4 rings (SSSR count). The third kappa shape index (κ3) is 5.51. The first kappa shape index (κ1) is 22.8. The standard InChI is InChI=1S/C27H36N2O3/c1-31-25-11-4-3-10-24(25)23-9-7-8-22(20-23)21-27(12-18-32-19-13-27)26(30)28-14-17-29-15-5-2-6-16-29/h3-4,7-11,20H,2,5-6,12-19,21H2,1H3,(H,28,30). The number of benzene rings is 2. The van der Waals surface area contributed by atoms with Gasteiger partial charge in [0.1, 0.15) is 5.75 Å². The van der Waals surface area contributed by atoms with Crippen molar-refractivity contribution in [3.8, 4) is 16.9 Å². The van der Waals surface area contributed by atoms with Crippen molar-refractivity contribution in [3.63, 3.8) is 0 Å². The third-order valence-corrected chi connectivity index (χ3v) is 6.98. The molecule has 0 aromatic heterocycles. The van der Waals surface area contributed by atoms with Gasteiger partial charge >= 0.3 is 0 Å². The lowest BCUT2D eigenvalue weighted by Crippen LogP contribution is -2.48. The van der Waals surface area contributed by atoms with Gasteiger partial charge in [-0.1, -0.05) is 48.9 Å². The number of nitrogens with zero attached hydrogens (tertiary/aromatic N) is 1. The zero-order valence-electron chi connectivity index (χ0n) is 19.3. The van der Waals surface area contributed by atoms with Crippen LogP contribution >= 0.6 is 0 Å². The van der Waals surface area contributed by atoms with E-state index in [-0.39, 0.29) is 5.91 Å². The van der Waals surface area contributed by atoms with Crippen molar-refractivity contribution in [1.29, 1.82) is 0 Å². The van der Waals surface area contributed by atoms with E-state index in [9.17, 15) is 4.79 Å². The van der Waals surface area contributed by atoms with E-state index in [1.165, 1.54) is 24.8 Å². The van der Waals surface area contributed by atoms with Crippen molar-refractivity contribution in [2.75, 3.05) is 46.5 Å². The second-order valence-corrected chi connectivity index (χ2v) is 9.13. The fraction of sp³-hybridized carbons (Fsp3) is 0.519. The van der Waals surface area contributed by atoms with Gasteiger partial charge in [-0.25, -0.2) is 0 Å². The minimum atomic E-state index is -0.403. The number of nitrogens with one attached hydrogen (secondary N) is 1. The first-order valence-corrected chi connectivity index (χ1v) is 12.0. The smallest absolute Gasteiger partial charge is 0.226 e. The van der Waals surface area contributed by atoms with Gasteiger partial charge in [0.25, 0.3) is 0 Å². The Hall–Kier alpha value is -2.37. The van der Waals surface area contributed by atoms with Crippen LogP contribution in [-0.2, 0) is 16.0 Å². The van der Waals surface area contributed by atoms with Crippen LogP contribution in [0.3, 0.4) is 0 Å². The fourth-order valence-corrected chi connectivity index (χ4v) is 5.07. The summed E-state index contributed by atoms with van der Waals surface area (Å²) in [4.78, 5) is 15.9. The molecule has 0 bridgehead atoms. The van der Waals surface area contributed by atoms with Crippen molar-refractivity contribution in [2.24, 2.45) is 5.41 Å². The van der Waals surface area contributed by atoms with E-state index in [1.807, 2.05) is 18.2 Å². The summed E-state index contributed by atoms with van der Waals surface area (Å²) in [6, 6.07) is 16.6. The van der Waals surface area contributed by atoms with Gasteiger partial charge in [-0.2, -0.15) is 0 Å². The number of carbonyl (C=O) groups excluding carboxylic acids is 1. The predicted molar refractivity (Wildman–Crippen MR) is 128 cm³/mol. The molecule has 0 radical (unpaired) electrons. The molecule has 0 spiro atoms. The Balaban J connectivity index is 1.47. The van der Waals surface area contributed by atoms with E-state index < -0.39 is 5.41 Å². The van der Waals surface area contributed by atoms with Crippen LogP contribution in [0, 0.1) is 5.41 Å². The molecule has 0 atom stereocenters. The molecular weight excluding hydrogens is 400 g/mol. The maximum atomic E-state index is 13.4. The van der Waals surface area contributed by atoms with Crippen LogP contribution in [-0.4, -0.2) is 57.3 Å². The zero-order chi connectivity index (χ0) is 22.2. The maximum absolute atomic E-state index is 13.4. The van der Waals surface area contributed by atoms with Crippen molar-refractivity contribution in [2.45, 2.75) is 38.5 Å². The number of methoxy groups -OCH3 is 1. The molecule has 0 saturated carbocycles. The van der Waals surface area contributed by atoms with Crippen LogP contribution in [0.4, 0.5) is 0 Å². The van der Waals surface area contributed by atoms with Crippen molar-refractivity contribution < 1.29 is 14.3 Å². The molecule has 2 fully saturated rings. The van der Waals surface area contributed by atoms with Gasteiger partial charge in [0, 0.05) is 31.9 Å². The molecule has 32 heavy (non-hydrogen) atoms. The number of piperidine rings is 1. The highest BCUT2D eigenvalue weighted by Gasteiger charge is 2.40. The molecule has 2 aromatic carbocycles. The number of para-hydroxylation sites is 1. The van der Waals surface area contributed by atoms with Crippen LogP contribution < -0.4 is 10.1 Å². The Kier molecular flexibility index (Phi) is 7.82. The predicted octanol–water partition coefficient (Wildman–Crippen LogP) is 4.30. The molecule has 5 nitrogen and oxygen atoms in total. The molecule has 2 saturated heterocycles. The largest absolute Gasteiger partial charge is 0.496 e. The summed E-state index contributed by atoms with van der Waals surface area (Å²) >= 11 is 0. The van der Waals surface area contributed by atoms with E-state index in [2.05, 4.69) is 40.5 Å². The summed E-state index contributed by atoms with van der Waals surface area (Å²) in [5, 5.41) is 3.27. The highest BCUT2D eigenvalue weighted by molar-refractivity contribution is 5.83. The summed E-state index contributed by atoms with van der Waals surface area (Å²) in [6.07, 6.45) is 6.15. The number of amides is 1. The fourth-order valence-electron chi connectivity index (χ4n) is 5.07. The summed E-state index contributed by atoms with van der Waals surface area (Å²) in [6.45, 7) is 5.27. The molecule has 2 heterocycles. The van der Waals surface area contributed by atoms with Crippen molar-refractivity contribution in [3.05, 3.63) is 54.1 Å². The van der Waals surface area contributed by atoms with Crippen molar-refractivity contribution in [1.82, 2.24) is 10.2 Å². The lowest BCUT2D eigenvalue weighted by Gasteiger charge is -2.36. The van der Waals surface area contributed by atoms with Gasteiger partial charge in [0.05, 0.1) is 12.5 Å². The number of ether oxygens (including phenoxy) is 2. The van der Waals surface area contributed by atoms with Crippen LogP contribution in [0.15, 0.2) is 48.5 Å². The first-order valence-electron chi connectivity index (χ1n) is 12.0. The first-order chi connectivity index (χ1) is 15.7. The van der Waals surface area contributed by atoms with Crippen LogP contribution in [0.1, 0.15) is 37.7 Å². The Labute approximate surface area is 192 Å². The molecule has 2 aliphatic rings. The molecule has 0 aliphatic carbocycles. The molecular formula is C27H36N2O3. The van der Waals surface area contributed by atoms with Gasteiger partial charge in [0.2, 0.25) is 5.91 Å². The Morgan fingerprint density at radius 2 is 1.84 bits per heavy atom. The zero-order valence-corrected chi connectivity index (χ0v) is 19.3. The van der Waals surface area contributed by atoms with Gasteiger partial charge in [0.15, 0.2) is 0 Å². The highest BCUT2D eigenvalue weighted by atomic mass is 16.5. The number of hydrogen-bond donors (Lipinski definition) is 1. The monoisotopic (exact) mass is 436 g/mol. The van der Waals surface area contributed by atoms with Crippen LogP contribution in [0.2, 0.25) is 0 Å². The molecule has 172 valence electrons. The number of hydrogen-bond acceptors (Lipinski definition) is 4. The molecule has 5 heteroatoms. The van der Waals surface area contributed by atoms with E-state index >= 15 is 0 Å². The molecule has 2 aromatic rings. The number of carbonyl (C=O) groups is 1. The SMILES string of the molecule is COc1ccccc1-c1cccc(CC2(C(=O)NCCN3CCCCC3)CCOCC2)c1. The Morgan fingerprint density at radius 1 is 1.06 bits per heavy atom. The Morgan fingerprint density at radius 3 is 2.62 bits per heavy atom. The maximum Gasteiger partial charge on any atom is 0.226 e. The summed E-state index contributed by atoms with van der Waals surface area (Å²) in [5.74, 6) is 1.04. The van der Waals surface area contributed by atoms with Gasteiger partial charge in [-0.15, -0.1) is 0 Å². The lowest BCUT2D eigenvalue weighted by molar-refractivity contribution is -0.136. The Bertz CT molecular complexity index is 886. The second kappa shape index (κ2) is 11.0. The molecule has 0 unspecified atom stereocenters. The number of likely N-dealkylation sites (tertiary alicyclic amines) is 1.